The largest absolute Gasteiger partial charge is 0.497 e. The molecule has 2 rings (SSSR count). The van der Waals surface area contributed by atoms with Crippen LogP contribution in [0.4, 0.5) is 0 Å². The lowest BCUT2D eigenvalue weighted by molar-refractivity contribution is -0.136. The Labute approximate surface area is 108 Å². The number of carbonyl (C=O) groups is 1. The van der Waals surface area contributed by atoms with Crippen LogP contribution in [0.2, 0.25) is 0 Å². The Morgan fingerprint density at radius 3 is 3.11 bits per heavy atom. The standard InChI is InChI=1S/C12H14N2O3S/c1-17-8-2-3-9-10(6-8)18-11(14-9)7-13-5-4-12(15)16/h2-3,6,13H,4-5,7H2,1H3,(H,15,16). The molecule has 2 N–H and O–H groups in total. The highest BCUT2D eigenvalue weighted by Gasteiger charge is 2.05. The predicted molar refractivity (Wildman–Crippen MR) is 70.1 cm³/mol. The number of fused-ring (bicyclic) bond motifs is 1. The average Bonchev–Trinajstić information content (AvgIpc) is 2.75. The highest BCUT2D eigenvalue weighted by molar-refractivity contribution is 7.18. The topological polar surface area (TPSA) is 71.5 Å². The molecule has 96 valence electrons. The molecule has 0 bridgehead atoms. The lowest BCUT2D eigenvalue weighted by atomic mass is 10.3. The molecule has 0 amide bonds. The Kier molecular flexibility index (Phi) is 4.11. The second-order valence-electron chi connectivity index (χ2n) is 3.76. The third kappa shape index (κ3) is 3.18. The van der Waals surface area contributed by atoms with Gasteiger partial charge >= 0.3 is 5.97 Å². The first-order valence-corrected chi connectivity index (χ1v) is 6.36. The van der Waals surface area contributed by atoms with Crippen LogP contribution in [0.3, 0.4) is 0 Å². The molecule has 0 unspecified atom stereocenters. The van der Waals surface area contributed by atoms with Gasteiger partial charge in [0.25, 0.3) is 0 Å². The average molecular weight is 266 g/mol. The Bertz CT molecular complexity index is 553. The first-order valence-electron chi connectivity index (χ1n) is 5.55. The van der Waals surface area contributed by atoms with Crippen molar-refractivity contribution in [3.63, 3.8) is 0 Å². The SMILES string of the molecule is COc1ccc2nc(CNCCC(=O)O)sc2c1. The van der Waals surface area contributed by atoms with Gasteiger partial charge in [0, 0.05) is 13.1 Å². The van der Waals surface area contributed by atoms with Gasteiger partial charge in [0.05, 0.1) is 23.7 Å². The molecule has 0 atom stereocenters. The van der Waals surface area contributed by atoms with Gasteiger partial charge in [-0.15, -0.1) is 11.3 Å². The van der Waals surface area contributed by atoms with Crippen molar-refractivity contribution in [1.82, 2.24) is 10.3 Å². The van der Waals surface area contributed by atoms with Crippen LogP contribution in [0.5, 0.6) is 5.75 Å². The van der Waals surface area contributed by atoms with Gasteiger partial charge in [-0.1, -0.05) is 0 Å². The molecule has 6 heteroatoms. The van der Waals surface area contributed by atoms with Crippen LogP contribution >= 0.6 is 11.3 Å². The molecule has 0 aliphatic carbocycles. The fourth-order valence-electron chi connectivity index (χ4n) is 1.55. The molecule has 18 heavy (non-hydrogen) atoms. The molecule has 1 aromatic heterocycles. The van der Waals surface area contributed by atoms with Crippen LogP contribution in [0.25, 0.3) is 10.2 Å². The summed E-state index contributed by atoms with van der Waals surface area (Å²) in [5, 5.41) is 12.5. The van der Waals surface area contributed by atoms with Crippen molar-refractivity contribution in [2.45, 2.75) is 13.0 Å². The number of thiazole rings is 1. The van der Waals surface area contributed by atoms with Crippen molar-refractivity contribution in [2.75, 3.05) is 13.7 Å². The number of benzene rings is 1. The molecule has 0 saturated carbocycles. The third-order valence-corrected chi connectivity index (χ3v) is 3.45. The number of carboxylic acids is 1. The summed E-state index contributed by atoms with van der Waals surface area (Å²) in [7, 11) is 1.64. The number of aromatic nitrogens is 1. The van der Waals surface area contributed by atoms with Gasteiger partial charge in [0.2, 0.25) is 0 Å². The zero-order valence-corrected chi connectivity index (χ0v) is 10.8. The first-order chi connectivity index (χ1) is 8.69. The minimum absolute atomic E-state index is 0.124. The number of methoxy groups -OCH3 is 1. The summed E-state index contributed by atoms with van der Waals surface area (Å²) in [5.41, 5.74) is 0.941. The molecule has 0 aliphatic rings. The molecule has 0 fully saturated rings. The van der Waals surface area contributed by atoms with E-state index >= 15 is 0 Å². The maximum absolute atomic E-state index is 10.4. The van der Waals surface area contributed by atoms with Crippen molar-refractivity contribution in [3.05, 3.63) is 23.2 Å². The van der Waals surface area contributed by atoms with E-state index in [9.17, 15) is 4.79 Å². The second kappa shape index (κ2) is 5.79. The summed E-state index contributed by atoms with van der Waals surface area (Å²) in [6.45, 7) is 1.05. The Morgan fingerprint density at radius 2 is 2.39 bits per heavy atom. The third-order valence-electron chi connectivity index (χ3n) is 2.43. The molecule has 5 nitrogen and oxygen atoms in total. The molecule has 1 aromatic carbocycles. The van der Waals surface area contributed by atoms with Crippen LogP contribution < -0.4 is 10.1 Å². The molecule has 2 aromatic rings. The van der Waals surface area contributed by atoms with E-state index in [0.29, 0.717) is 13.1 Å². The zero-order valence-electron chi connectivity index (χ0n) is 9.97. The maximum atomic E-state index is 10.4. The lowest BCUT2D eigenvalue weighted by Crippen LogP contribution is -2.17. The quantitative estimate of drug-likeness (QED) is 0.781. The smallest absolute Gasteiger partial charge is 0.304 e. The summed E-state index contributed by atoms with van der Waals surface area (Å²) in [6.07, 6.45) is 0.124. The van der Waals surface area contributed by atoms with E-state index in [2.05, 4.69) is 10.3 Å². The van der Waals surface area contributed by atoms with Crippen molar-refractivity contribution < 1.29 is 14.6 Å². The van der Waals surface area contributed by atoms with E-state index in [-0.39, 0.29) is 6.42 Å². The molecule has 1 heterocycles. The van der Waals surface area contributed by atoms with Crippen LogP contribution in [0, 0.1) is 0 Å². The van der Waals surface area contributed by atoms with Crippen molar-refractivity contribution in [3.8, 4) is 5.75 Å². The monoisotopic (exact) mass is 266 g/mol. The second-order valence-corrected chi connectivity index (χ2v) is 4.88. The van der Waals surface area contributed by atoms with Gasteiger partial charge < -0.3 is 15.2 Å². The number of carboxylic acid groups (broad SMARTS) is 1. The number of nitrogens with one attached hydrogen (secondary N) is 1. The van der Waals surface area contributed by atoms with Crippen LogP contribution in [-0.2, 0) is 11.3 Å². The number of rotatable bonds is 6. The first kappa shape index (κ1) is 12.8. The number of ether oxygens (including phenoxy) is 1. The zero-order chi connectivity index (χ0) is 13.0. The normalized spacial score (nSPS) is 10.7. The van der Waals surface area contributed by atoms with E-state index in [1.165, 1.54) is 0 Å². The van der Waals surface area contributed by atoms with Gasteiger partial charge in [-0.2, -0.15) is 0 Å². The molecule has 0 spiro atoms. The van der Waals surface area contributed by atoms with Gasteiger partial charge in [0.1, 0.15) is 10.8 Å². The molecule has 0 saturated heterocycles. The summed E-state index contributed by atoms with van der Waals surface area (Å²) in [5.74, 6) is 0.0214. The predicted octanol–water partition coefficient (Wildman–Crippen LogP) is 1.87. The van der Waals surface area contributed by atoms with E-state index in [0.717, 1.165) is 21.0 Å². The number of nitrogens with zero attached hydrogens (tertiary/aromatic N) is 1. The Balaban J connectivity index is 1.99. The van der Waals surface area contributed by atoms with E-state index in [1.807, 2.05) is 18.2 Å². The van der Waals surface area contributed by atoms with Crippen molar-refractivity contribution >= 4 is 27.5 Å². The minimum Gasteiger partial charge on any atom is -0.497 e. The fourth-order valence-corrected chi connectivity index (χ4v) is 2.51. The fraction of sp³-hybridized carbons (Fsp3) is 0.333. The minimum atomic E-state index is -0.795. The summed E-state index contributed by atoms with van der Waals surface area (Å²) >= 11 is 1.58. The Hall–Kier alpha value is -1.66. The van der Waals surface area contributed by atoms with Crippen LogP contribution in [0.15, 0.2) is 18.2 Å². The van der Waals surface area contributed by atoms with E-state index < -0.39 is 5.97 Å². The molecular weight excluding hydrogens is 252 g/mol. The van der Waals surface area contributed by atoms with Gasteiger partial charge in [-0.3, -0.25) is 4.79 Å². The summed E-state index contributed by atoms with van der Waals surface area (Å²) < 4.78 is 6.23. The summed E-state index contributed by atoms with van der Waals surface area (Å²) in [4.78, 5) is 14.8. The van der Waals surface area contributed by atoms with Crippen molar-refractivity contribution in [2.24, 2.45) is 0 Å². The van der Waals surface area contributed by atoms with E-state index in [4.69, 9.17) is 9.84 Å². The number of hydrogen-bond donors (Lipinski definition) is 2. The highest BCUT2D eigenvalue weighted by atomic mass is 32.1. The molecular formula is C12H14N2O3S. The van der Waals surface area contributed by atoms with Gasteiger partial charge in [-0.05, 0) is 18.2 Å². The number of hydrogen-bond acceptors (Lipinski definition) is 5. The lowest BCUT2D eigenvalue weighted by Gasteiger charge is -1.98. The molecule has 0 aliphatic heterocycles. The van der Waals surface area contributed by atoms with Crippen LogP contribution in [-0.4, -0.2) is 29.7 Å². The Morgan fingerprint density at radius 1 is 1.56 bits per heavy atom. The molecule has 0 radical (unpaired) electrons. The van der Waals surface area contributed by atoms with Crippen molar-refractivity contribution in [1.29, 1.82) is 0 Å². The maximum Gasteiger partial charge on any atom is 0.304 e. The van der Waals surface area contributed by atoms with Crippen LogP contribution in [0.1, 0.15) is 11.4 Å². The highest BCUT2D eigenvalue weighted by Crippen LogP contribution is 2.26. The van der Waals surface area contributed by atoms with E-state index in [1.54, 1.807) is 18.4 Å². The van der Waals surface area contributed by atoms with Gasteiger partial charge in [-0.25, -0.2) is 4.98 Å². The number of aliphatic carboxylic acids is 1. The summed E-state index contributed by atoms with van der Waals surface area (Å²) in [6, 6.07) is 5.75. The van der Waals surface area contributed by atoms with Gasteiger partial charge in [0.15, 0.2) is 0 Å².